The molecule has 0 aliphatic rings. The van der Waals surface area contributed by atoms with E-state index in [0.717, 1.165) is 5.56 Å². The number of rotatable bonds is 7. The van der Waals surface area contributed by atoms with Gasteiger partial charge < -0.3 is 20.1 Å². The summed E-state index contributed by atoms with van der Waals surface area (Å²) >= 11 is 0. The molecular formula is C21H22N4O3. The van der Waals surface area contributed by atoms with Crippen LogP contribution in [0.2, 0.25) is 0 Å². The summed E-state index contributed by atoms with van der Waals surface area (Å²) in [7, 11) is 3.09. The van der Waals surface area contributed by atoms with Gasteiger partial charge in [0.15, 0.2) is 11.5 Å². The summed E-state index contributed by atoms with van der Waals surface area (Å²) < 4.78 is 10.4. The number of methoxy groups -OCH3 is 2. The average Bonchev–Trinajstić information content (AvgIpc) is 2.74. The minimum atomic E-state index is -0.359. The lowest BCUT2D eigenvalue weighted by Gasteiger charge is -2.14. The van der Waals surface area contributed by atoms with Crippen molar-refractivity contribution < 1.29 is 14.3 Å². The van der Waals surface area contributed by atoms with Crippen molar-refractivity contribution in [2.24, 2.45) is 0 Å². The van der Waals surface area contributed by atoms with E-state index >= 15 is 0 Å². The van der Waals surface area contributed by atoms with Crippen molar-refractivity contribution in [3.05, 3.63) is 72.2 Å². The number of nitrogens with one attached hydrogen (secondary N) is 2. The minimum Gasteiger partial charge on any atom is -0.493 e. The molecule has 28 heavy (non-hydrogen) atoms. The van der Waals surface area contributed by atoms with Crippen molar-refractivity contribution in [1.29, 1.82) is 0 Å². The van der Waals surface area contributed by atoms with E-state index in [1.165, 1.54) is 13.3 Å². The van der Waals surface area contributed by atoms with E-state index in [2.05, 4.69) is 20.6 Å². The van der Waals surface area contributed by atoms with Crippen LogP contribution < -0.4 is 20.1 Å². The normalized spacial score (nSPS) is 11.4. The average molecular weight is 378 g/mol. The van der Waals surface area contributed by atoms with Gasteiger partial charge in [-0.25, -0.2) is 9.97 Å². The fraction of sp³-hybridized carbons (Fsp3) is 0.190. The monoisotopic (exact) mass is 378 g/mol. The smallest absolute Gasteiger partial charge is 0.275 e. The molecule has 0 saturated heterocycles. The number of anilines is 2. The van der Waals surface area contributed by atoms with Crippen LogP contribution in [0.5, 0.6) is 11.5 Å². The maximum Gasteiger partial charge on any atom is 0.275 e. The molecule has 0 spiro atoms. The van der Waals surface area contributed by atoms with Crippen molar-refractivity contribution in [3.8, 4) is 11.5 Å². The SMILES string of the molecule is COc1ccc(NC(=O)c2cnc(NC(C)c3ccccc3)cn2)cc1OC. The first-order valence-corrected chi connectivity index (χ1v) is 8.77. The van der Waals surface area contributed by atoms with E-state index in [9.17, 15) is 4.79 Å². The fourth-order valence-corrected chi connectivity index (χ4v) is 2.68. The van der Waals surface area contributed by atoms with Crippen LogP contribution in [-0.4, -0.2) is 30.1 Å². The Morgan fingerprint density at radius 2 is 1.71 bits per heavy atom. The predicted molar refractivity (Wildman–Crippen MR) is 108 cm³/mol. The molecule has 0 radical (unpaired) electrons. The highest BCUT2D eigenvalue weighted by molar-refractivity contribution is 6.02. The van der Waals surface area contributed by atoms with Crippen molar-refractivity contribution in [1.82, 2.24) is 9.97 Å². The first-order valence-electron chi connectivity index (χ1n) is 8.77. The summed E-state index contributed by atoms with van der Waals surface area (Å²) in [5, 5.41) is 6.04. The number of aromatic nitrogens is 2. The Morgan fingerprint density at radius 1 is 0.964 bits per heavy atom. The molecule has 3 aromatic rings. The third kappa shape index (κ3) is 4.56. The Labute approximate surface area is 163 Å². The molecule has 0 bridgehead atoms. The summed E-state index contributed by atoms with van der Waals surface area (Å²) in [5.41, 5.74) is 1.93. The van der Waals surface area contributed by atoms with Crippen molar-refractivity contribution in [2.75, 3.05) is 24.9 Å². The van der Waals surface area contributed by atoms with Crippen molar-refractivity contribution in [2.45, 2.75) is 13.0 Å². The van der Waals surface area contributed by atoms with Gasteiger partial charge in [-0.1, -0.05) is 30.3 Å². The van der Waals surface area contributed by atoms with Crippen LogP contribution >= 0.6 is 0 Å². The van der Waals surface area contributed by atoms with Gasteiger partial charge in [0, 0.05) is 17.8 Å². The lowest BCUT2D eigenvalue weighted by Crippen LogP contribution is -2.15. The molecule has 7 nitrogen and oxygen atoms in total. The molecule has 2 N–H and O–H groups in total. The van der Waals surface area contributed by atoms with Crippen LogP contribution in [0.15, 0.2) is 60.9 Å². The van der Waals surface area contributed by atoms with Gasteiger partial charge in [0.25, 0.3) is 5.91 Å². The number of amides is 1. The second-order valence-electron chi connectivity index (χ2n) is 6.09. The van der Waals surface area contributed by atoms with Gasteiger partial charge in [-0.2, -0.15) is 0 Å². The largest absolute Gasteiger partial charge is 0.493 e. The van der Waals surface area contributed by atoms with E-state index in [-0.39, 0.29) is 17.6 Å². The number of nitrogens with zero attached hydrogens (tertiary/aromatic N) is 2. The van der Waals surface area contributed by atoms with Gasteiger partial charge in [-0.15, -0.1) is 0 Å². The van der Waals surface area contributed by atoms with E-state index in [1.807, 2.05) is 37.3 Å². The molecule has 3 rings (SSSR count). The standard InChI is InChI=1S/C21H22N4O3/c1-14(15-7-5-4-6-8-15)24-20-13-22-17(12-23-20)21(26)25-16-9-10-18(27-2)19(11-16)28-3/h4-14H,1-3H3,(H,23,24)(H,25,26). The number of benzene rings is 2. The molecule has 7 heteroatoms. The van der Waals surface area contributed by atoms with Crippen LogP contribution in [-0.2, 0) is 0 Å². The van der Waals surface area contributed by atoms with Crippen molar-refractivity contribution in [3.63, 3.8) is 0 Å². The zero-order chi connectivity index (χ0) is 19.9. The van der Waals surface area contributed by atoms with Crippen LogP contribution in [0.4, 0.5) is 11.5 Å². The predicted octanol–water partition coefficient (Wildman–Crippen LogP) is 3.92. The molecule has 1 amide bonds. The Hall–Kier alpha value is -3.61. The summed E-state index contributed by atoms with van der Waals surface area (Å²) in [5.74, 6) is 1.35. The molecule has 1 heterocycles. The van der Waals surface area contributed by atoms with Crippen molar-refractivity contribution >= 4 is 17.4 Å². The third-order valence-electron chi connectivity index (χ3n) is 4.19. The summed E-state index contributed by atoms with van der Waals surface area (Å²) in [6.07, 6.45) is 2.99. The Kier molecular flexibility index (Phi) is 6.06. The first kappa shape index (κ1) is 19.2. The fourth-order valence-electron chi connectivity index (χ4n) is 2.68. The molecule has 0 fully saturated rings. The van der Waals surface area contributed by atoms with Gasteiger partial charge in [-0.05, 0) is 24.6 Å². The number of hydrogen-bond acceptors (Lipinski definition) is 6. The zero-order valence-corrected chi connectivity index (χ0v) is 16.0. The summed E-state index contributed by atoms with van der Waals surface area (Å²) in [4.78, 5) is 20.9. The second-order valence-corrected chi connectivity index (χ2v) is 6.09. The highest BCUT2D eigenvalue weighted by Crippen LogP contribution is 2.29. The highest BCUT2D eigenvalue weighted by atomic mass is 16.5. The maximum atomic E-state index is 12.4. The van der Waals surface area contributed by atoms with Gasteiger partial charge in [0.05, 0.1) is 26.6 Å². The molecule has 1 aromatic heterocycles. The number of hydrogen-bond donors (Lipinski definition) is 2. The maximum absolute atomic E-state index is 12.4. The number of carbonyl (C=O) groups excluding carboxylic acids is 1. The Bertz CT molecular complexity index is 930. The Balaban J connectivity index is 1.65. The Morgan fingerprint density at radius 3 is 2.36 bits per heavy atom. The molecule has 0 aliphatic heterocycles. The highest BCUT2D eigenvalue weighted by Gasteiger charge is 2.12. The van der Waals surface area contributed by atoms with E-state index in [4.69, 9.17) is 9.47 Å². The van der Waals surface area contributed by atoms with Crippen LogP contribution in [0, 0.1) is 0 Å². The van der Waals surface area contributed by atoms with Crippen LogP contribution in [0.3, 0.4) is 0 Å². The number of carbonyl (C=O) groups is 1. The first-order chi connectivity index (χ1) is 13.6. The minimum absolute atomic E-state index is 0.0712. The lowest BCUT2D eigenvalue weighted by molar-refractivity contribution is 0.102. The zero-order valence-electron chi connectivity index (χ0n) is 16.0. The summed E-state index contributed by atoms with van der Waals surface area (Å²) in [6.45, 7) is 2.04. The van der Waals surface area contributed by atoms with Crippen LogP contribution in [0.25, 0.3) is 0 Å². The number of ether oxygens (including phenoxy) is 2. The second kappa shape index (κ2) is 8.85. The molecule has 2 aromatic carbocycles. The van der Waals surface area contributed by atoms with E-state index in [1.54, 1.807) is 31.5 Å². The molecule has 144 valence electrons. The van der Waals surface area contributed by atoms with Crippen LogP contribution in [0.1, 0.15) is 29.0 Å². The molecule has 1 atom stereocenters. The van der Waals surface area contributed by atoms with Gasteiger partial charge in [0.1, 0.15) is 11.5 Å². The molecule has 0 saturated carbocycles. The van der Waals surface area contributed by atoms with Gasteiger partial charge in [0.2, 0.25) is 0 Å². The topological polar surface area (TPSA) is 85.4 Å². The van der Waals surface area contributed by atoms with E-state index < -0.39 is 0 Å². The summed E-state index contributed by atoms with van der Waals surface area (Å²) in [6, 6.07) is 15.2. The quantitative estimate of drug-likeness (QED) is 0.648. The van der Waals surface area contributed by atoms with E-state index in [0.29, 0.717) is 23.0 Å². The third-order valence-corrected chi connectivity index (χ3v) is 4.19. The molecular weight excluding hydrogens is 356 g/mol. The lowest BCUT2D eigenvalue weighted by atomic mass is 10.1. The molecule has 0 aliphatic carbocycles. The van der Waals surface area contributed by atoms with Gasteiger partial charge >= 0.3 is 0 Å². The molecule has 1 unspecified atom stereocenters. The van der Waals surface area contributed by atoms with Gasteiger partial charge in [-0.3, -0.25) is 4.79 Å².